The predicted octanol–water partition coefficient (Wildman–Crippen LogP) is 4.20. The van der Waals surface area contributed by atoms with Crippen LogP contribution in [-0.4, -0.2) is 6.04 Å². The average molecular weight is 278 g/mol. The van der Waals surface area contributed by atoms with Crippen molar-refractivity contribution in [2.75, 3.05) is 0 Å². The molecule has 100 valence electrons. The van der Waals surface area contributed by atoms with Crippen LogP contribution in [0.2, 0.25) is 5.02 Å². The Hall–Kier alpha value is -1.38. The Morgan fingerprint density at radius 1 is 1.11 bits per heavy atom. The molecule has 0 saturated heterocycles. The molecule has 0 heterocycles. The van der Waals surface area contributed by atoms with Gasteiger partial charge in [-0.25, -0.2) is 4.39 Å². The summed E-state index contributed by atoms with van der Waals surface area (Å²) in [4.78, 5) is 0. The molecule has 0 aliphatic heterocycles. The van der Waals surface area contributed by atoms with E-state index in [0.29, 0.717) is 12.6 Å². The van der Waals surface area contributed by atoms with Crippen LogP contribution in [0.3, 0.4) is 0 Å². The van der Waals surface area contributed by atoms with E-state index in [1.165, 1.54) is 11.6 Å². The van der Waals surface area contributed by atoms with E-state index < -0.39 is 0 Å². The first-order valence-corrected chi connectivity index (χ1v) is 6.74. The van der Waals surface area contributed by atoms with Gasteiger partial charge < -0.3 is 5.32 Å². The van der Waals surface area contributed by atoms with Crippen LogP contribution in [0, 0.1) is 5.82 Å². The van der Waals surface area contributed by atoms with Crippen LogP contribution in [0.25, 0.3) is 0 Å². The molecular weight excluding hydrogens is 261 g/mol. The van der Waals surface area contributed by atoms with Gasteiger partial charge in [-0.2, -0.15) is 0 Å². The molecule has 1 N–H and O–H groups in total. The lowest BCUT2D eigenvalue weighted by atomic mass is 10.1. The Labute approximate surface area is 118 Å². The molecule has 0 spiro atoms. The first-order chi connectivity index (χ1) is 9.15. The fourth-order valence-electron chi connectivity index (χ4n) is 1.98. The van der Waals surface area contributed by atoms with Crippen molar-refractivity contribution >= 4 is 11.6 Å². The van der Waals surface area contributed by atoms with Gasteiger partial charge in [-0.15, -0.1) is 0 Å². The fraction of sp³-hybridized carbons (Fsp3) is 0.250. The minimum atomic E-state index is -0.372. The lowest BCUT2D eigenvalue weighted by molar-refractivity contribution is 0.544. The van der Waals surface area contributed by atoms with Gasteiger partial charge in [-0.05, 0) is 36.6 Å². The Morgan fingerprint density at radius 2 is 1.84 bits per heavy atom. The maximum Gasteiger partial charge on any atom is 0.141 e. The highest BCUT2D eigenvalue weighted by molar-refractivity contribution is 6.30. The van der Waals surface area contributed by atoms with Crippen molar-refractivity contribution in [3.8, 4) is 0 Å². The SMILES string of the molecule is CC(Cc1ccccc1)NCc1ccc(F)c(Cl)c1. The number of halogens is 2. The van der Waals surface area contributed by atoms with E-state index in [1.807, 2.05) is 18.2 Å². The number of rotatable bonds is 5. The molecule has 1 atom stereocenters. The van der Waals surface area contributed by atoms with Gasteiger partial charge in [0.25, 0.3) is 0 Å². The summed E-state index contributed by atoms with van der Waals surface area (Å²) in [5, 5.41) is 3.59. The molecular formula is C16H17ClFN. The molecule has 19 heavy (non-hydrogen) atoms. The highest BCUT2D eigenvalue weighted by Crippen LogP contribution is 2.16. The van der Waals surface area contributed by atoms with Gasteiger partial charge in [0.1, 0.15) is 5.82 Å². The average Bonchev–Trinajstić information content (AvgIpc) is 2.41. The van der Waals surface area contributed by atoms with Gasteiger partial charge in [0.15, 0.2) is 0 Å². The third kappa shape index (κ3) is 4.34. The molecule has 0 amide bonds. The number of hydrogen-bond donors (Lipinski definition) is 1. The van der Waals surface area contributed by atoms with Crippen LogP contribution in [0.4, 0.5) is 4.39 Å². The Bertz CT molecular complexity index is 528. The molecule has 0 saturated carbocycles. The summed E-state index contributed by atoms with van der Waals surface area (Å²) in [6.45, 7) is 2.83. The first kappa shape index (κ1) is 14.0. The summed E-state index contributed by atoms with van der Waals surface area (Å²) in [5.41, 5.74) is 2.30. The molecule has 0 aliphatic rings. The standard InChI is InChI=1S/C16H17ClFN/c1-12(9-13-5-3-2-4-6-13)19-11-14-7-8-16(18)15(17)10-14/h2-8,10,12,19H,9,11H2,1H3. The number of nitrogens with one attached hydrogen (secondary N) is 1. The summed E-state index contributed by atoms with van der Waals surface area (Å²) in [6.07, 6.45) is 0.968. The first-order valence-electron chi connectivity index (χ1n) is 6.36. The predicted molar refractivity (Wildman–Crippen MR) is 77.9 cm³/mol. The van der Waals surface area contributed by atoms with Crippen LogP contribution in [0.15, 0.2) is 48.5 Å². The van der Waals surface area contributed by atoms with Crippen LogP contribution in [0.5, 0.6) is 0 Å². The van der Waals surface area contributed by atoms with Crippen molar-refractivity contribution in [2.24, 2.45) is 0 Å². The molecule has 0 aliphatic carbocycles. The monoisotopic (exact) mass is 277 g/mol. The Morgan fingerprint density at radius 3 is 2.53 bits per heavy atom. The van der Waals surface area contributed by atoms with Crippen LogP contribution in [0.1, 0.15) is 18.1 Å². The summed E-state index contributed by atoms with van der Waals surface area (Å²) >= 11 is 5.76. The second-order valence-corrected chi connectivity index (χ2v) is 5.13. The zero-order valence-corrected chi connectivity index (χ0v) is 11.6. The zero-order chi connectivity index (χ0) is 13.7. The molecule has 1 nitrogen and oxygen atoms in total. The van der Waals surface area contributed by atoms with Crippen LogP contribution in [-0.2, 0) is 13.0 Å². The summed E-state index contributed by atoms with van der Waals surface area (Å²) in [6, 6.07) is 15.5. The van der Waals surface area contributed by atoms with E-state index in [1.54, 1.807) is 12.1 Å². The van der Waals surface area contributed by atoms with Gasteiger partial charge in [0, 0.05) is 12.6 Å². The van der Waals surface area contributed by atoms with E-state index in [4.69, 9.17) is 11.6 Å². The van der Waals surface area contributed by atoms with E-state index >= 15 is 0 Å². The molecule has 2 rings (SSSR count). The van der Waals surface area contributed by atoms with E-state index in [-0.39, 0.29) is 10.8 Å². The highest BCUT2D eigenvalue weighted by Gasteiger charge is 2.05. The zero-order valence-electron chi connectivity index (χ0n) is 10.9. The number of hydrogen-bond acceptors (Lipinski definition) is 1. The normalized spacial score (nSPS) is 12.4. The van der Waals surface area contributed by atoms with E-state index in [2.05, 4.69) is 24.4 Å². The van der Waals surface area contributed by atoms with Crippen LogP contribution < -0.4 is 5.32 Å². The highest BCUT2D eigenvalue weighted by atomic mass is 35.5. The van der Waals surface area contributed by atoms with E-state index in [0.717, 1.165) is 12.0 Å². The van der Waals surface area contributed by atoms with Crippen molar-refractivity contribution in [3.05, 3.63) is 70.5 Å². The topological polar surface area (TPSA) is 12.0 Å². The summed E-state index contributed by atoms with van der Waals surface area (Å²) < 4.78 is 13.0. The smallest absolute Gasteiger partial charge is 0.141 e. The van der Waals surface area contributed by atoms with Gasteiger partial charge in [0.2, 0.25) is 0 Å². The largest absolute Gasteiger partial charge is 0.310 e. The van der Waals surface area contributed by atoms with Crippen molar-refractivity contribution in [3.63, 3.8) is 0 Å². The molecule has 0 fully saturated rings. The minimum absolute atomic E-state index is 0.176. The Balaban J connectivity index is 1.86. The van der Waals surface area contributed by atoms with Crippen molar-refractivity contribution < 1.29 is 4.39 Å². The lowest BCUT2D eigenvalue weighted by Crippen LogP contribution is -2.27. The Kier molecular flexibility index (Phi) is 4.94. The molecule has 3 heteroatoms. The molecule has 0 aromatic heterocycles. The van der Waals surface area contributed by atoms with Crippen molar-refractivity contribution in [2.45, 2.75) is 25.9 Å². The molecule has 0 bridgehead atoms. The fourth-order valence-corrected chi connectivity index (χ4v) is 2.18. The number of benzene rings is 2. The third-order valence-corrected chi connectivity index (χ3v) is 3.31. The molecule has 2 aromatic rings. The summed E-state index contributed by atoms with van der Waals surface area (Å²) in [7, 11) is 0. The molecule has 2 aromatic carbocycles. The van der Waals surface area contributed by atoms with Gasteiger partial charge in [0.05, 0.1) is 5.02 Å². The second-order valence-electron chi connectivity index (χ2n) is 4.72. The molecule has 1 unspecified atom stereocenters. The van der Waals surface area contributed by atoms with Crippen molar-refractivity contribution in [1.82, 2.24) is 5.32 Å². The van der Waals surface area contributed by atoms with Gasteiger partial charge in [-0.1, -0.05) is 48.0 Å². The van der Waals surface area contributed by atoms with Crippen LogP contribution >= 0.6 is 11.6 Å². The lowest BCUT2D eigenvalue weighted by Gasteiger charge is -2.14. The maximum absolute atomic E-state index is 13.0. The minimum Gasteiger partial charge on any atom is -0.310 e. The van der Waals surface area contributed by atoms with Gasteiger partial charge >= 0.3 is 0 Å². The second kappa shape index (κ2) is 6.69. The third-order valence-electron chi connectivity index (χ3n) is 3.02. The van der Waals surface area contributed by atoms with Gasteiger partial charge in [-0.3, -0.25) is 0 Å². The van der Waals surface area contributed by atoms with E-state index in [9.17, 15) is 4.39 Å². The van der Waals surface area contributed by atoms with Crippen molar-refractivity contribution in [1.29, 1.82) is 0 Å². The molecule has 0 radical (unpaired) electrons. The summed E-state index contributed by atoms with van der Waals surface area (Å²) in [5.74, 6) is -0.372. The maximum atomic E-state index is 13.0. The quantitative estimate of drug-likeness (QED) is 0.864.